The predicted octanol–water partition coefficient (Wildman–Crippen LogP) is 1.95. The fourth-order valence-corrected chi connectivity index (χ4v) is 1.66. The van der Waals surface area contributed by atoms with Gasteiger partial charge < -0.3 is 15.8 Å². The van der Waals surface area contributed by atoms with Crippen molar-refractivity contribution in [2.75, 3.05) is 19.0 Å². The number of methoxy groups -OCH3 is 1. The maximum Gasteiger partial charge on any atom is 0.227 e. The van der Waals surface area contributed by atoms with Crippen LogP contribution in [0.1, 0.15) is 12.0 Å². The summed E-state index contributed by atoms with van der Waals surface area (Å²) in [5.74, 6) is -0.118. The molecule has 1 atom stereocenters. The van der Waals surface area contributed by atoms with Gasteiger partial charge in [-0.3, -0.25) is 4.79 Å². The molecule has 3 N–H and O–H groups in total. The van der Waals surface area contributed by atoms with Crippen molar-refractivity contribution in [3.63, 3.8) is 0 Å². The van der Waals surface area contributed by atoms with E-state index < -0.39 is 0 Å². The first-order valence-electron chi connectivity index (χ1n) is 5.35. The van der Waals surface area contributed by atoms with Crippen LogP contribution in [-0.2, 0) is 9.53 Å². The second-order valence-electron chi connectivity index (χ2n) is 3.80. The number of amides is 1. The first kappa shape index (κ1) is 14.0. The molecule has 0 saturated carbocycles. The number of anilines is 1. The number of hydrogen-bond acceptors (Lipinski definition) is 3. The summed E-state index contributed by atoms with van der Waals surface area (Å²) in [5, 5.41) is 3.45. The first-order chi connectivity index (χ1) is 8.06. The van der Waals surface area contributed by atoms with Gasteiger partial charge in [0.1, 0.15) is 0 Å². The van der Waals surface area contributed by atoms with E-state index in [1.807, 2.05) is 6.92 Å². The van der Waals surface area contributed by atoms with Crippen LogP contribution in [0.4, 0.5) is 5.69 Å². The SMILES string of the molecule is COC(CN)CC(=O)Nc1ccc(Cl)cc1C. The minimum Gasteiger partial charge on any atom is -0.380 e. The van der Waals surface area contributed by atoms with E-state index in [-0.39, 0.29) is 18.4 Å². The van der Waals surface area contributed by atoms with Gasteiger partial charge in [-0.1, -0.05) is 11.6 Å². The molecule has 0 fully saturated rings. The van der Waals surface area contributed by atoms with Gasteiger partial charge in [-0.05, 0) is 30.7 Å². The van der Waals surface area contributed by atoms with E-state index in [0.717, 1.165) is 11.3 Å². The van der Waals surface area contributed by atoms with Crippen molar-refractivity contribution in [2.24, 2.45) is 5.73 Å². The Bertz CT molecular complexity index is 392. The van der Waals surface area contributed by atoms with Gasteiger partial charge in [-0.15, -0.1) is 0 Å². The van der Waals surface area contributed by atoms with Gasteiger partial charge in [0.25, 0.3) is 0 Å². The van der Waals surface area contributed by atoms with Crippen molar-refractivity contribution in [3.8, 4) is 0 Å². The van der Waals surface area contributed by atoms with Gasteiger partial charge in [-0.2, -0.15) is 0 Å². The lowest BCUT2D eigenvalue weighted by molar-refractivity contribution is -0.118. The van der Waals surface area contributed by atoms with Gasteiger partial charge in [0.05, 0.1) is 12.5 Å². The number of nitrogens with two attached hydrogens (primary N) is 1. The molecule has 0 aliphatic rings. The Kier molecular flexibility index (Phi) is 5.41. The summed E-state index contributed by atoms with van der Waals surface area (Å²) in [6, 6.07) is 5.31. The summed E-state index contributed by atoms with van der Waals surface area (Å²) < 4.78 is 5.05. The Hall–Kier alpha value is -1.10. The summed E-state index contributed by atoms with van der Waals surface area (Å²) in [7, 11) is 1.54. The van der Waals surface area contributed by atoms with E-state index in [1.54, 1.807) is 25.3 Å². The highest BCUT2D eigenvalue weighted by Gasteiger charge is 2.12. The molecule has 0 aromatic heterocycles. The molecule has 0 bridgehead atoms. The van der Waals surface area contributed by atoms with Gasteiger partial charge in [0, 0.05) is 24.4 Å². The maximum absolute atomic E-state index is 11.7. The standard InChI is InChI=1S/C12H17ClN2O2/c1-8-5-9(13)3-4-11(8)15-12(16)6-10(7-14)17-2/h3-5,10H,6-7,14H2,1-2H3,(H,15,16). The molecule has 1 unspecified atom stereocenters. The number of halogens is 1. The Morgan fingerprint density at radius 1 is 1.59 bits per heavy atom. The maximum atomic E-state index is 11.7. The minimum atomic E-state index is -0.248. The number of benzene rings is 1. The monoisotopic (exact) mass is 256 g/mol. The number of carbonyl (C=O) groups excluding carboxylic acids is 1. The first-order valence-corrected chi connectivity index (χ1v) is 5.73. The lowest BCUT2D eigenvalue weighted by atomic mass is 10.2. The third kappa shape index (κ3) is 4.34. The molecule has 0 heterocycles. The molecule has 94 valence electrons. The summed E-state index contributed by atoms with van der Waals surface area (Å²) in [6.07, 6.45) is -0.00248. The third-order valence-electron chi connectivity index (χ3n) is 2.47. The van der Waals surface area contributed by atoms with E-state index >= 15 is 0 Å². The fourth-order valence-electron chi connectivity index (χ4n) is 1.44. The topological polar surface area (TPSA) is 64.3 Å². The summed E-state index contributed by atoms with van der Waals surface area (Å²) in [5.41, 5.74) is 7.13. The Balaban J connectivity index is 2.62. The second-order valence-corrected chi connectivity index (χ2v) is 4.24. The Morgan fingerprint density at radius 2 is 2.29 bits per heavy atom. The minimum absolute atomic E-state index is 0.118. The van der Waals surface area contributed by atoms with Crippen LogP contribution in [0, 0.1) is 6.92 Å². The quantitative estimate of drug-likeness (QED) is 0.846. The van der Waals surface area contributed by atoms with Crippen LogP contribution in [0.15, 0.2) is 18.2 Å². The fraction of sp³-hybridized carbons (Fsp3) is 0.417. The number of hydrogen-bond donors (Lipinski definition) is 2. The summed E-state index contributed by atoms with van der Waals surface area (Å²) in [6.45, 7) is 2.21. The van der Waals surface area contributed by atoms with E-state index in [1.165, 1.54) is 0 Å². The van der Waals surface area contributed by atoms with Crippen LogP contribution in [-0.4, -0.2) is 25.7 Å². The molecule has 1 amide bonds. The Labute approximate surface area is 106 Å². The van der Waals surface area contributed by atoms with E-state index in [4.69, 9.17) is 22.1 Å². The number of carbonyl (C=O) groups is 1. The molecule has 17 heavy (non-hydrogen) atoms. The molecule has 4 nitrogen and oxygen atoms in total. The van der Waals surface area contributed by atoms with E-state index in [9.17, 15) is 4.79 Å². The number of nitrogens with one attached hydrogen (secondary N) is 1. The third-order valence-corrected chi connectivity index (χ3v) is 2.71. The highest BCUT2D eigenvalue weighted by Crippen LogP contribution is 2.19. The molecule has 0 aliphatic heterocycles. The largest absolute Gasteiger partial charge is 0.380 e. The molecule has 0 radical (unpaired) electrons. The molecular weight excluding hydrogens is 240 g/mol. The smallest absolute Gasteiger partial charge is 0.227 e. The number of rotatable bonds is 5. The van der Waals surface area contributed by atoms with Gasteiger partial charge in [0.15, 0.2) is 0 Å². The zero-order valence-electron chi connectivity index (χ0n) is 10.00. The average molecular weight is 257 g/mol. The average Bonchev–Trinajstić information content (AvgIpc) is 2.29. The van der Waals surface area contributed by atoms with Crippen molar-refractivity contribution in [1.82, 2.24) is 0 Å². The lowest BCUT2D eigenvalue weighted by Gasteiger charge is -2.13. The highest BCUT2D eigenvalue weighted by molar-refractivity contribution is 6.30. The molecule has 0 saturated heterocycles. The molecular formula is C12H17ClN2O2. The zero-order valence-corrected chi connectivity index (χ0v) is 10.8. The van der Waals surface area contributed by atoms with Crippen molar-refractivity contribution in [1.29, 1.82) is 0 Å². The van der Waals surface area contributed by atoms with Crippen LogP contribution >= 0.6 is 11.6 Å². The number of ether oxygens (including phenoxy) is 1. The second kappa shape index (κ2) is 6.59. The van der Waals surface area contributed by atoms with Gasteiger partial charge >= 0.3 is 0 Å². The molecule has 0 aliphatic carbocycles. The van der Waals surface area contributed by atoms with Gasteiger partial charge in [-0.25, -0.2) is 0 Å². The number of aryl methyl sites for hydroxylation is 1. The van der Waals surface area contributed by atoms with Crippen LogP contribution < -0.4 is 11.1 Å². The molecule has 1 aromatic rings. The highest BCUT2D eigenvalue weighted by atomic mass is 35.5. The molecule has 0 spiro atoms. The van der Waals surface area contributed by atoms with E-state index in [0.29, 0.717) is 11.6 Å². The van der Waals surface area contributed by atoms with Crippen molar-refractivity contribution >= 4 is 23.2 Å². The van der Waals surface area contributed by atoms with Crippen LogP contribution in [0.5, 0.6) is 0 Å². The molecule has 1 rings (SSSR count). The molecule has 5 heteroatoms. The summed E-state index contributed by atoms with van der Waals surface area (Å²) in [4.78, 5) is 11.7. The van der Waals surface area contributed by atoms with E-state index in [2.05, 4.69) is 5.32 Å². The van der Waals surface area contributed by atoms with Crippen LogP contribution in [0.2, 0.25) is 5.02 Å². The zero-order chi connectivity index (χ0) is 12.8. The normalized spacial score (nSPS) is 12.2. The van der Waals surface area contributed by atoms with Crippen LogP contribution in [0.3, 0.4) is 0 Å². The predicted molar refractivity (Wildman–Crippen MR) is 69.3 cm³/mol. The van der Waals surface area contributed by atoms with Crippen molar-refractivity contribution < 1.29 is 9.53 Å². The Morgan fingerprint density at radius 3 is 2.82 bits per heavy atom. The summed E-state index contributed by atoms with van der Waals surface area (Å²) >= 11 is 5.83. The molecule has 1 aromatic carbocycles. The lowest BCUT2D eigenvalue weighted by Crippen LogP contribution is -2.28. The van der Waals surface area contributed by atoms with Crippen molar-refractivity contribution in [3.05, 3.63) is 28.8 Å². The van der Waals surface area contributed by atoms with Gasteiger partial charge in [0.2, 0.25) is 5.91 Å². The van der Waals surface area contributed by atoms with Crippen molar-refractivity contribution in [2.45, 2.75) is 19.4 Å². The van der Waals surface area contributed by atoms with Crippen LogP contribution in [0.25, 0.3) is 0 Å².